The molecular formula is C31H38N4O5. The molecule has 2 fully saturated rings. The first-order valence-electron chi connectivity index (χ1n) is 13.9. The average molecular weight is 547 g/mol. The quantitative estimate of drug-likeness (QED) is 0.436. The third-order valence-electron chi connectivity index (χ3n) is 7.65. The van der Waals surface area contributed by atoms with Crippen LogP contribution in [-0.4, -0.2) is 98.5 Å². The lowest BCUT2D eigenvalue weighted by molar-refractivity contribution is 0.0740. The molecule has 3 heterocycles. The Morgan fingerprint density at radius 1 is 0.900 bits per heavy atom. The van der Waals surface area contributed by atoms with E-state index in [9.17, 15) is 9.90 Å². The average Bonchev–Trinajstić information content (AvgIpc) is 3.02. The number of methoxy groups -OCH3 is 2. The molecule has 1 N–H and O–H groups in total. The Morgan fingerprint density at radius 2 is 1.62 bits per heavy atom. The summed E-state index contributed by atoms with van der Waals surface area (Å²) < 4.78 is 16.7. The predicted octanol–water partition coefficient (Wildman–Crippen LogP) is 3.56. The van der Waals surface area contributed by atoms with Crippen LogP contribution in [0.15, 0.2) is 60.7 Å². The number of nitrogens with zero attached hydrogens (tertiary/aromatic N) is 4. The molecule has 0 atom stereocenters. The van der Waals surface area contributed by atoms with Crippen LogP contribution in [0.1, 0.15) is 23.3 Å². The van der Waals surface area contributed by atoms with Gasteiger partial charge in [-0.3, -0.25) is 9.69 Å². The topological polar surface area (TPSA) is 87.6 Å². The summed E-state index contributed by atoms with van der Waals surface area (Å²) in [5.74, 6) is 2.06. The van der Waals surface area contributed by atoms with Crippen molar-refractivity contribution in [3.05, 3.63) is 66.4 Å². The number of anilines is 1. The zero-order valence-corrected chi connectivity index (χ0v) is 23.3. The van der Waals surface area contributed by atoms with Gasteiger partial charge < -0.3 is 29.1 Å². The van der Waals surface area contributed by atoms with Crippen LogP contribution in [0.3, 0.4) is 0 Å². The number of ether oxygens (including phenoxy) is 3. The largest absolute Gasteiger partial charge is 0.493 e. The number of aliphatic hydroxyl groups is 1. The molecule has 0 saturated carbocycles. The number of piperidine rings is 1. The van der Waals surface area contributed by atoms with Crippen molar-refractivity contribution < 1.29 is 24.1 Å². The molecule has 3 aromatic rings. The predicted molar refractivity (Wildman–Crippen MR) is 155 cm³/mol. The Labute approximate surface area is 235 Å². The number of pyridine rings is 1. The van der Waals surface area contributed by atoms with Crippen molar-refractivity contribution in [3.8, 4) is 28.5 Å². The third kappa shape index (κ3) is 6.66. The standard InChI is InChI=1S/C31H38N4O5/c1-38-29-11-6-23(22-30(29)39-2)27-4-3-5-28(32-27)31(37)35-18-16-34(17-19-35)24-7-9-26(10-8-24)40-21-20-33-14-12-25(36)13-15-33/h3-11,22,25,36H,12-21H2,1-2H3. The Kier molecular flexibility index (Phi) is 9.03. The maximum absolute atomic E-state index is 13.3. The summed E-state index contributed by atoms with van der Waals surface area (Å²) in [7, 11) is 3.20. The molecular weight excluding hydrogens is 508 g/mol. The SMILES string of the molecule is COc1ccc(-c2cccc(C(=O)N3CCN(c4ccc(OCCN5CCC(O)CC5)cc4)CC3)n2)cc1OC. The number of hydrogen-bond acceptors (Lipinski definition) is 8. The Bertz CT molecular complexity index is 1270. The Hall–Kier alpha value is -3.82. The molecule has 40 heavy (non-hydrogen) atoms. The van der Waals surface area contributed by atoms with Gasteiger partial charge >= 0.3 is 0 Å². The van der Waals surface area contributed by atoms with Crippen molar-refractivity contribution in [1.29, 1.82) is 0 Å². The first-order valence-corrected chi connectivity index (χ1v) is 13.9. The normalized spacial score (nSPS) is 16.6. The fourth-order valence-electron chi connectivity index (χ4n) is 5.23. The summed E-state index contributed by atoms with van der Waals surface area (Å²) in [4.78, 5) is 24.5. The van der Waals surface area contributed by atoms with E-state index in [1.807, 2.05) is 47.4 Å². The molecule has 1 amide bonds. The second kappa shape index (κ2) is 13.0. The molecule has 9 heteroatoms. The lowest BCUT2D eigenvalue weighted by atomic mass is 10.1. The molecule has 2 aliphatic rings. The number of aliphatic hydroxyl groups excluding tert-OH is 1. The van der Waals surface area contributed by atoms with Gasteiger partial charge in [-0.1, -0.05) is 6.07 Å². The van der Waals surface area contributed by atoms with Gasteiger partial charge in [0.05, 0.1) is 26.0 Å². The summed E-state index contributed by atoms with van der Waals surface area (Å²) in [5, 5.41) is 9.64. The van der Waals surface area contributed by atoms with E-state index < -0.39 is 0 Å². The Morgan fingerprint density at radius 3 is 2.33 bits per heavy atom. The molecule has 0 aliphatic carbocycles. The minimum Gasteiger partial charge on any atom is -0.493 e. The van der Waals surface area contributed by atoms with Crippen molar-refractivity contribution in [2.75, 3.05) is 71.5 Å². The number of hydrogen-bond donors (Lipinski definition) is 1. The minimum atomic E-state index is -0.150. The zero-order valence-electron chi connectivity index (χ0n) is 23.3. The summed E-state index contributed by atoms with van der Waals surface area (Å²) in [6.45, 7) is 6.13. The lowest BCUT2D eigenvalue weighted by Crippen LogP contribution is -2.49. The van der Waals surface area contributed by atoms with E-state index in [-0.39, 0.29) is 12.0 Å². The maximum Gasteiger partial charge on any atom is 0.272 e. The van der Waals surface area contributed by atoms with Crippen molar-refractivity contribution >= 4 is 11.6 Å². The van der Waals surface area contributed by atoms with Crippen LogP contribution in [0.25, 0.3) is 11.3 Å². The van der Waals surface area contributed by atoms with Crippen LogP contribution >= 0.6 is 0 Å². The van der Waals surface area contributed by atoms with Crippen LogP contribution in [0, 0.1) is 0 Å². The number of benzene rings is 2. The van der Waals surface area contributed by atoms with Gasteiger partial charge in [0.15, 0.2) is 11.5 Å². The number of carbonyl (C=O) groups is 1. The molecule has 2 aliphatic heterocycles. The van der Waals surface area contributed by atoms with Gasteiger partial charge in [0.1, 0.15) is 18.1 Å². The second-order valence-electron chi connectivity index (χ2n) is 10.2. The van der Waals surface area contributed by atoms with Gasteiger partial charge in [-0.05, 0) is 67.4 Å². The summed E-state index contributed by atoms with van der Waals surface area (Å²) in [6.07, 6.45) is 1.54. The monoisotopic (exact) mass is 546 g/mol. The lowest BCUT2D eigenvalue weighted by Gasteiger charge is -2.36. The first kappa shape index (κ1) is 27.7. The molecule has 9 nitrogen and oxygen atoms in total. The number of amides is 1. The number of piperazine rings is 1. The van der Waals surface area contributed by atoms with Crippen molar-refractivity contribution in [1.82, 2.24) is 14.8 Å². The van der Waals surface area contributed by atoms with Gasteiger partial charge in [-0.15, -0.1) is 0 Å². The van der Waals surface area contributed by atoms with Crippen molar-refractivity contribution in [2.24, 2.45) is 0 Å². The van der Waals surface area contributed by atoms with Crippen molar-refractivity contribution in [2.45, 2.75) is 18.9 Å². The summed E-state index contributed by atoms with van der Waals surface area (Å²) >= 11 is 0. The molecule has 0 unspecified atom stereocenters. The van der Waals surface area contributed by atoms with Crippen LogP contribution < -0.4 is 19.1 Å². The minimum absolute atomic E-state index is 0.0612. The molecule has 0 spiro atoms. The zero-order chi connectivity index (χ0) is 27.9. The van der Waals surface area contributed by atoms with Crippen LogP contribution in [0.2, 0.25) is 0 Å². The number of rotatable bonds is 9. The van der Waals surface area contributed by atoms with Gasteiger partial charge in [0.2, 0.25) is 0 Å². The molecule has 0 bridgehead atoms. The second-order valence-corrected chi connectivity index (χ2v) is 10.2. The fraction of sp³-hybridized carbons (Fsp3) is 0.419. The summed E-state index contributed by atoms with van der Waals surface area (Å²) in [6, 6.07) is 19.3. The molecule has 2 saturated heterocycles. The van der Waals surface area contributed by atoms with E-state index in [1.54, 1.807) is 20.3 Å². The summed E-state index contributed by atoms with van der Waals surface area (Å²) in [5.41, 5.74) is 3.12. The van der Waals surface area contributed by atoms with E-state index >= 15 is 0 Å². The smallest absolute Gasteiger partial charge is 0.272 e. The van der Waals surface area contributed by atoms with E-state index in [2.05, 4.69) is 26.9 Å². The van der Waals surface area contributed by atoms with Gasteiger partial charge in [0.25, 0.3) is 5.91 Å². The fourth-order valence-corrected chi connectivity index (χ4v) is 5.23. The highest BCUT2D eigenvalue weighted by molar-refractivity contribution is 5.93. The Balaban J connectivity index is 1.12. The highest BCUT2D eigenvalue weighted by Gasteiger charge is 2.24. The van der Waals surface area contributed by atoms with Crippen LogP contribution in [0.4, 0.5) is 5.69 Å². The number of likely N-dealkylation sites (tertiary alicyclic amines) is 1. The van der Waals surface area contributed by atoms with E-state index in [1.165, 1.54) is 0 Å². The molecule has 0 radical (unpaired) electrons. The molecule has 1 aromatic heterocycles. The van der Waals surface area contributed by atoms with E-state index in [4.69, 9.17) is 14.2 Å². The molecule has 212 valence electrons. The molecule has 5 rings (SSSR count). The highest BCUT2D eigenvalue weighted by Crippen LogP contribution is 2.31. The first-order chi connectivity index (χ1) is 19.5. The van der Waals surface area contributed by atoms with Gasteiger partial charge in [-0.25, -0.2) is 4.98 Å². The van der Waals surface area contributed by atoms with E-state index in [0.29, 0.717) is 42.6 Å². The van der Waals surface area contributed by atoms with Crippen molar-refractivity contribution in [3.63, 3.8) is 0 Å². The van der Waals surface area contributed by atoms with Gasteiger partial charge in [0, 0.05) is 57.1 Å². The number of aromatic nitrogens is 1. The third-order valence-corrected chi connectivity index (χ3v) is 7.65. The maximum atomic E-state index is 13.3. The number of carbonyl (C=O) groups excluding carboxylic acids is 1. The van der Waals surface area contributed by atoms with Crippen LogP contribution in [-0.2, 0) is 0 Å². The van der Waals surface area contributed by atoms with Gasteiger partial charge in [-0.2, -0.15) is 0 Å². The van der Waals surface area contributed by atoms with E-state index in [0.717, 1.165) is 62.6 Å². The highest BCUT2D eigenvalue weighted by atomic mass is 16.5. The van der Waals surface area contributed by atoms with Crippen LogP contribution in [0.5, 0.6) is 17.2 Å². The molecule has 2 aromatic carbocycles.